The third-order valence-corrected chi connectivity index (χ3v) is 3.50. The van der Waals surface area contributed by atoms with Crippen LogP contribution in [0.2, 0.25) is 0 Å². The van der Waals surface area contributed by atoms with Gasteiger partial charge in [0.15, 0.2) is 6.61 Å². The van der Waals surface area contributed by atoms with Crippen LogP contribution in [0.3, 0.4) is 0 Å². The minimum atomic E-state index is -6.95. The van der Waals surface area contributed by atoms with Gasteiger partial charge in [-0.2, -0.15) is 49.7 Å². The van der Waals surface area contributed by atoms with Gasteiger partial charge in [-0.3, -0.25) is 0 Å². The molecule has 0 spiro atoms. The monoisotopic (exact) mass is 430 g/mol. The Bertz CT molecular complexity index is 834. The summed E-state index contributed by atoms with van der Waals surface area (Å²) in [4.78, 5) is 0. The molecule has 0 fully saturated rings. The summed E-state index contributed by atoms with van der Waals surface area (Å²) >= 11 is 0. The number of halogens is 9. The number of ether oxygens (including phenoxy) is 1. The number of alkyl halides is 9. The van der Waals surface area contributed by atoms with E-state index in [1.54, 1.807) is 30.3 Å². The first-order chi connectivity index (χ1) is 13.3. The second-order valence-corrected chi connectivity index (χ2v) is 5.67. The fraction of sp³-hybridized carbons (Fsp3) is 0.294. The number of nitrogens with zero attached hydrogens (tertiary/aromatic N) is 2. The summed E-state index contributed by atoms with van der Waals surface area (Å²) in [6, 6.07) is 12.7. The van der Waals surface area contributed by atoms with Crippen molar-refractivity contribution < 1.29 is 44.3 Å². The largest absolute Gasteiger partial charge is 0.487 e. The van der Waals surface area contributed by atoms with Gasteiger partial charge in [0.2, 0.25) is 0 Å². The Labute approximate surface area is 157 Å². The van der Waals surface area contributed by atoms with E-state index >= 15 is 0 Å². The predicted molar refractivity (Wildman–Crippen MR) is 83.5 cm³/mol. The molecule has 29 heavy (non-hydrogen) atoms. The van der Waals surface area contributed by atoms with E-state index in [0.717, 1.165) is 12.1 Å². The second kappa shape index (κ2) is 7.91. The highest BCUT2D eigenvalue weighted by Gasteiger charge is 2.81. The average Bonchev–Trinajstić information content (AvgIpc) is 2.65. The third kappa shape index (κ3) is 4.80. The maximum absolute atomic E-state index is 13.4. The van der Waals surface area contributed by atoms with Gasteiger partial charge < -0.3 is 4.74 Å². The molecule has 0 aromatic heterocycles. The van der Waals surface area contributed by atoms with Gasteiger partial charge in [-0.25, -0.2) is 0 Å². The molecule has 0 amide bonds. The van der Waals surface area contributed by atoms with Gasteiger partial charge in [0, 0.05) is 0 Å². The number of benzene rings is 2. The molecule has 0 saturated carbocycles. The van der Waals surface area contributed by atoms with E-state index in [9.17, 15) is 39.5 Å². The van der Waals surface area contributed by atoms with Crippen LogP contribution in [-0.4, -0.2) is 30.6 Å². The van der Waals surface area contributed by atoms with E-state index in [1.165, 1.54) is 12.1 Å². The van der Waals surface area contributed by atoms with Gasteiger partial charge in [0.1, 0.15) is 5.75 Å². The summed E-state index contributed by atoms with van der Waals surface area (Å²) in [7, 11) is 0. The van der Waals surface area contributed by atoms with Crippen molar-refractivity contribution in [3.05, 3.63) is 54.6 Å². The summed E-state index contributed by atoms with van der Waals surface area (Å²) in [5, 5.41) is 7.65. The van der Waals surface area contributed by atoms with Crippen molar-refractivity contribution in [3.63, 3.8) is 0 Å². The molecule has 0 aliphatic rings. The van der Waals surface area contributed by atoms with Crippen LogP contribution in [0.4, 0.5) is 50.9 Å². The highest BCUT2D eigenvalue weighted by Crippen LogP contribution is 2.53. The molecular weight excluding hydrogens is 419 g/mol. The van der Waals surface area contributed by atoms with Crippen LogP contribution in [0.5, 0.6) is 5.75 Å². The van der Waals surface area contributed by atoms with Crippen molar-refractivity contribution in [2.24, 2.45) is 10.2 Å². The highest BCUT2D eigenvalue weighted by atomic mass is 19.4. The molecule has 0 saturated heterocycles. The summed E-state index contributed by atoms with van der Waals surface area (Å²) in [5.74, 6) is -20.0. The maximum Gasteiger partial charge on any atom is 0.460 e. The third-order valence-electron chi connectivity index (χ3n) is 3.50. The lowest BCUT2D eigenvalue weighted by molar-refractivity contribution is -0.398. The molecule has 2 aromatic rings. The fourth-order valence-electron chi connectivity index (χ4n) is 1.89. The number of rotatable bonds is 7. The van der Waals surface area contributed by atoms with E-state index in [0.29, 0.717) is 5.69 Å². The lowest BCUT2D eigenvalue weighted by Crippen LogP contribution is -2.62. The van der Waals surface area contributed by atoms with Crippen molar-refractivity contribution in [1.82, 2.24) is 0 Å². The molecule has 0 atom stereocenters. The summed E-state index contributed by atoms with van der Waals surface area (Å²) < 4.78 is 119. The molecular formula is C17H11F9N2O. The van der Waals surface area contributed by atoms with Gasteiger partial charge in [-0.05, 0) is 36.4 Å². The molecule has 158 valence electrons. The Hall–Kier alpha value is -2.79. The van der Waals surface area contributed by atoms with E-state index in [4.69, 9.17) is 0 Å². The van der Waals surface area contributed by atoms with Crippen LogP contribution in [0.1, 0.15) is 0 Å². The molecule has 2 aromatic carbocycles. The minimum Gasteiger partial charge on any atom is -0.487 e. The minimum absolute atomic E-state index is 0.210. The van der Waals surface area contributed by atoms with Crippen LogP contribution in [-0.2, 0) is 0 Å². The number of azo groups is 1. The summed E-state index contributed by atoms with van der Waals surface area (Å²) in [6.07, 6.45) is -6.87. The Balaban J connectivity index is 2.06. The van der Waals surface area contributed by atoms with Gasteiger partial charge in [-0.1, -0.05) is 18.2 Å². The molecule has 2 rings (SSSR count). The smallest absolute Gasteiger partial charge is 0.460 e. The Morgan fingerprint density at radius 2 is 1.10 bits per heavy atom. The van der Waals surface area contributed by atoms with Crippen LogP contribution < -0.4 is 4.74 Å². The zero-order chi connectivity index (χ0) is 21.9. The summed E-state index contributed by atoms with van der Waals surface area (Å²) in [5.41, 5.74) is 0.710. The molecule has 12 heteroatoms. The van der Waals surface area contributed by atoms with Crippen molar-refractivity contribution in [2.75, 3.05) is 6.61 Å². The van der Waals surface area contributed by atoms with Crippen LogP contribution in [0, 0.1) is 0 Å². The quantitative estimate of drug-likeness (QED) is 0.346. The first kappa shape index (κ1) is 22.5. The van der Waals surface area contributed by atoms with Crippen molar-refractivity contribution in [3.8, 4) is 5.75 Å². The SMILES string of the molecule is FC(F)(F)C(F)(F)C(F)(F)C(F)(F)COc1ccc(N=Nc2ccccc2)cc1. The van der Waals surface area contributed by atoms with E-state index in [-0.39, 0.29) is 5.69 Å². The zero-order valence-electron chi connectivity index (χ0n) is 14.1. The van der Waals surface area contributed by atoms with Gasteiger partial charge >= 0.3 is 23.9 Å². The van der Waals surface area contributed by atoms with Crippen molar-refractivity contribution >= 4 is 11.4 Å². The lowest BCUT2D eigenvalue weighted by atomic mass is 10.0. The van der Waals surface area contributed by atoms with E-state index in [1.807, 2.05) is 0 Å². The molecule has 0 aliphatic heterocycles. The van der Waals surface area contributed by atoms with E-state index in [2.05, 4.69) is 15.0 Å². The Kier molecular flexibility index (Phi) is 6.14. The normalized spacial score (nSPS) is 13.7. The maximum atomic E-state index is 13.4. The second-order valence-electron chi connectivity index (χ2n) is 5.67. The molecule has 0 aliphatic carbocycles. The number of hydrogen-bond acceptors (Lipinski definition) is 3. The highest BCUT2D eigenvalue weighted by molar-refractivity contribution is 5.42. The number of hydrogen-bond donors (Lipinski definition) is 0. The predicted octanol–water partition coefficient (Wildman–Crippen LogP) is 6.95. The molecule has 0 N–H and O–H groups in total. The molecule has 0 heterocycles. The average molecular weight is 430 g/mol. The van der Waals surface area contributed by atoms with Crippen LogP contribution in [0.15, 0.2) is 64.8 Å². The fourth-order valence-corrected chi connectivity index (χ4v) is 1.89. The lowest BCUT2D eigenvalue weighted by Gasteiger charge is -2.33. The first-order valence-corrected chi connectivity index (χ1v) is 7.68. The van der Waals surface area contributed by atoms with Crippen molar-refractivity contribution in [1.29, 1.82) is 0 Å². The van der Waals surface area contributed by atoms with Crippen molar-refractivity contribution in [2.45, 2.75) is 23.9 Å². The first-order valence-electron chi connectivity index (χ1n) is 7.68. The molecule has 3 nitrogen and oxygen atoms in total. The molecule has 0 bridgehead atoms. The Morgan fingerprint density at radius 3 is 1.59 bits per heavy atom. The van der Waals surface area contributed by atoms with E-state index < -0.39 is 36.3 Å². The summed E-state index contributed by atoms with van der Waals surface area (Å²) in [6.45, 7) is -2.41. The standard InChI is InChI=1S/C17H11F9N2O/c18-14(19,15(20,21)16(22,23)17(24,25)26)10-29-13-8-6-12(7-9-13)28-27-11-4-2-1-3-5-11/h1-9H,10H2. The zero-order valence-corrected chi connectivity index (χ0v) is 14.1. The van der Waals surface area contributed by atoms with Gasteiger partial charge in [0.05, 0.1) is 11.4 Å². The van der Waals surface area contributed by atoms with Gasteiger partial charge in [-0.15, -0.1) is 0 Å². The Morgan fingerprint density at radius 1 is 0.621 bits per heavy atom. The molecule has 0 unspecified atom stereocenters. The van der Waals surface area contributed by atoms with Crippen LogP contribution in [0.25, 0.3) is 0 Å². The van der Waals surface area contributed by atoms with Crippen LogP contribution >= 0.6 is 0 Å². The molecule has 0 radical (unpaired) electrons. The van der Waals surface area contributed by atoms with Gasteiger partial charge in [0.25, 0.3) is 0 Å². The topological polar surface area (TPSA) is 34.0 Å².